The zero-order valence-electron chi connectivity index (χ0n) is 7.22. The fourth-order valence-electron chi connectivity index (χ4n) is 0.907. The van der Waals surface area contributed by atoms with Gasteiger partial charge >= 0.3 is 8.03 Å². The van der Waals surface area contributed by atoms with Gasteiger partial charge in [-0.25, -0.2) is 0 Å². The number of ether oxygens (including phenoxy) is 1. The summed E-state index contributed by atoms with van der Waals surface area (Å²) >= 11 is 0. The second-order valence-electron chi connectivity index (χ2n) is 2.59. The Labute approximate surface area is 78.2 Å². The summed E-state index contributed by atoms with van der Waals surface area (Å²) in [6.07, 6.45) is 0.919. The lowest BCUT2D eigenvalue weighted by atomic mass is 10.3. The monoisotopic (exact) mass is 199 g/mol. The van der Waals surface area contributed by atoms with Crippen LogP contribution < -0.4 is 4.74 Å². The highest BCUT2D eigenvalue weighted by atomic mass is 31.1. The van der Waals surface area contributed by atoms with Crippen molar-refractivity contribution in [3.63, 3.8) is 0 Å². The SMILES string of the molecule is O=[P+](O)CCCOc1ccccc1. The second-order valence-corrected chi connectivity index (χ2v) is 3.74. The summed E-state index contributed by atoms with van der Waals surface area (Å²) in [5.74, 6) is 0.802. The van der Waals surface area contributed by atoms with Crippen LogP contribution in [0.5, 0.6) is 5.75 Å². The minimum atomic E-state index is -2.01. The molecule has 0 saturated carbocycles. The van der Waals surface area contributed by atoms with Crippen LogP contribution in [-0.2, 0) is 4.57 Å². The van der Waals surface area contributed by atoms with Crippen LogP contribution in [0.1, 0.15) is 6.42 Å². The zero-order chi connectivity index (χ0) is 9.52. The average molecular weight is 199 g/mol. The van der Waals surface area contributed by atoms with E-state index in [1.54, 1.807) is 0 Å². The molecule has 0 bridgehead atoms. The molecule has 70 valence electrons. The van der Waals surface area contributed by atoms with Gasteiger partial charge in [-0.2, -0.15) is 4.89 Å². The number of benzene rings is 1. The first kappa shape index (κ1) is 10.2. The van der Waals surface area contributed by atoms with E-state index >= 15 is 0 Å². The number of para-hydroxylation sites is 1. The fourth-order valence-corrected chi connectivity index (χ4v) is 1.31. The third kappa shape index (κ3) is 4.61. The van der Waals surface area contributed by atoms with E-state index in [0.29, 0.717) is 19.2 Å². The maximum atomic E-state index is 10.3. The van der Waals surface area contributed by atoms with Crippen LogP contribution in [0.3, 0.4) is 0 Å². The highest BCUT2D eigenvalue weighted by Crippen LogP contribution is 2.14. The Kier molecular flexibility index (Phi) is 4.44. The quantitative estimate of drug-likeness (QED) is 0.584. The van der Waals surface area contributed by atoms with E-state index in [4.69, 9.17) is 9.63 Å². The normalized spacial score (nSPS) is 11.0. The zero-order valence-corrected chi connectivity index (χ0v) is 8.11. The predicted octanol–water partition coefficient (Wildman–Crippen LogP) is 2.19. The highest BCUT2D eigenvalue weighted by molar-refractivity contribution is 7.37. The molecule has 1 N–H and O–H groups in total. The Hall–Kier alpha value is -0.920. The Bertz CT molecular complexity index is 261. The average Bonchev–Trinajstić information content (AvgIpc) is 2.14. The summed E-state index contributed by atoms with van der Waals surface area (Å²) in [4.78, 5) is 8.50. The maximum absolute atomic E-state index is 10.3. The minimum absolute atomic E-state index is 0.308. The summed E-state index contributed by atoms with van der Waals surface area (Å²) in [5.41, 5.74) is 0. The molecular weight excluding hydrogens is 187 g/mol. The van der Waals surface area contributed by atoms with Crippen molar-refractivity contribution >= 4 is 8.03 Å². The molecule has 0 fully saturated rings. The van der Waals surface area contributed by atoms with Crippen LogP contribution in [0.2, 0.25) is 0 Å². The van der Waals surface area contributed by atoms with Gasteiger partial charge in [0.15, 0.2) is 6.16 Å². The van der Waals surface area contributed by atoms with Gasteiger partial charge in [0.05, 0.1) is 6.61 Å². The van der Waals surface area contributed by atoms with Gasteiger partial charge in [0.25, 0.3) is 0 Å². The van der Waals surface area contributed by atoms with Gasteiger partial charge in [-0.15, -0.1) is 0 Å². The first-order valence-corrected chi connectivity index (χ1v) is 5.50. The van der Waals surface area contributed by atoms with E-state index < -0.39 is 8.03 Å². The van der Waals surface area contributed by atoms with Crippen molar-refractivity contribution in [3.8, 4) is 5.75 Å². The van der Waals surface area contributed by atoms with Gasteiger partial charge < -0.3 is 4.74 Å². The molecule has 0 aliphatic heterocycles. The lowest BCUT2D eigenvalue weighted by Crippen LogP contribution is -1.98. The highest BCUT2D eigenvalue weighted by Gasteiger charge is 2.08. The Balaban J connectivity index is 2.17. The third-order valence-corrected chi connectivity index (χ3v) is 2.20. The molecule has 0 aliphatic rings. The van der Waals surface area contributed by atoms with Crippen molar-refractivity contribution in [2.24, 2.45) is 0 Å². The molecule has 0 saturated heterocycles. The molecule has 13 heavy (non-hydrogen) atoms. The van der Waals surface area contributed by atoms with Gasteiger partial charge in [0, 0.05) is 6.42 Å². The number of rotatable bonds is 5. The smallest absolute Gasteiger partial charge is 0.493 e. The van der Waals surface area contributed by atoms with Gasteiger partial charge in [-0.1, -0.05) is 18.2 Å². The first-order chi connectivity index (χ1) is 6.29. The minimum Gasteiger partial charge on any atom is -0.493 e. The maximum Gasteiger partial charge on any atom is 0.505 e. The molecule has 1 unspecified atom stereocenters. The molecule has 0 spiro atoms. The topological polar surface area (TPSA) is 46.5 Å². The van der Waals surface area contributed by atoms with Crippen molar-refractivity contribution in [3.05, 3.63) is 30.3 Å². The summed E-state index contributed by atoms with van der Waals surface area (Å²) in [5, 5.41) is 0. The van der Waals surface area contributed by atoms with E-state index in [1.807, 2.05) is 30.3 Å². The number of hydrogen-bond acceptors (Lipinski definition) is 2. The molecule has 1 rings (SSSR count). The van der Waals surface area contributed by atoms with Gasteiger partial charge in [-0.05, 0) is 16.7 Å². The summed E-state index contributed by atoms with van der Waals surface area (Å²) in [7, 11) is -2.01. The summed E-state index contributed by atoms with van der Waals surface area (Å²) in [6, 6.07) is 9.42. The van der Waals surface area contributed by atoms with Crippen LogP contribution >= 0.6 is 8.03 Å². The lowest BCUT2D eigenvalue weighted by molar-refractivity contribution is 0.316. The van der Waals surface area contributed by atoms with Crippen LogP contribution in [-0.4, -0.2) is 17.7 Å². The van der Waals surface area contributed by atoms with E-state index in [9.17, 15) is 4.57 Å². The fraction of sp³-hybridized carbons (Fsp3) is 0.333. The van der Waals surface area contributed by atoms with Crippen molar-refractivity contribution in [2.45, 2.75) is 6.42 Å². The van der Waals surface area contributed by atoms with Crippen molar-refractivity contribution in [1.29, 1.82) is 0 Å². The van der Waals surface area contributed by atoms with Crippen LogP contribution in [0, 0.1) is 0 Å². The first-order valence-electron chi connectivity index (χ1n) is 4.10. The molecule has 1 atom stereocenters. The lowest BCUT2D eigenvalue weighted by Gasteiger charge is -2.02. The van der Waals surface area contributed by atoms with Gasteiger partial charge in [0.2, 0.25) is 0 Å². The van der Waals surface area contributed by atoms with E-state index in [1.165, 1.54) is 0 Å². The van der Waals surface area contributed by atoms with Crippen molar-refractivity contribution in [2.75, 3.05) is 12.8 Å². The number of hydrogen-bond donors (Lipinski definition) is 1. The molecule has 3 nitrogen and oxygen atoms in total. The van der Waals surface area contributed by atoms with Crippen LogP contribution in [0.15, 0.2) is 30.3 Å². The van der Waals surface area contributed by atoms with E-state index in [-0.39, 0.29) is 0 Å². The van der Waals surface area contributed by atoms with E-state index in [2.05, 4.69) is 0 Å². The van der Waals surface area contributed by atoms with Crippen LogP contribution in [0.25, 0.3) is 0 Å². The van der Waals surface area contributed by atoms with Gasteiger partial charge in [-0.3, -0.25) is 0 Å². The Morgan fingerprint density at radius 1 is 1.31 bits per heavy atom. The third-order valence-electron chi connectivity index (χ3n) is 1.51. The van der Waals surface area contributed by atoms with Gasteiger partial charge in [0.1, 0.15) is 5.75 Å². The largest absolute Gasteiger partial charge is 0.505 e. The molecule has 0 aliphatic carbocycles. The second kappa shape index (κ2) is 5.68. The molecule has 4 heteroatoms. The standard InChI is InChI=1S/C9H11O3P/c10-13(11)8-4-7-12-9-5-2-1-3-6-9/h1-3,5-6H,4,7-8H2/p+1. The van der Waals surface area contributed by atoms with E-state index in [0.717, 1.165) is 5.75 Å². The molecule has 0 aromatic heterocycles. The van der Waals surface area contributed by atoms with Crippen molar-refractivity contribution in [1.82, 2.24) is 0 Å². The Morgan fingerprint density at radius 3 is 2.62 bits per heavy atom. The molecule has 0 radical (unpaired) electrons. The van der Waals surface area contributed by atoms with Crippen molar-refractivity contribution < 1.29 is 14.2 Å². The molecule has 0 heterocycles. The Morgan fingerprint density at radius 2 is 2.00 bits per heavy atom. The molecular formula is C9H12O3P+. The summed E-state index contributed by atoms with van der Waals surface area (Å²) in [6.45, 7) is 0.492. The predicted molar refractivity (Wildman–Crippen MR) is 51.2 cm³/mol. The molecule has 1 aromatic carbocycles. The summed E-state index contributed by atoms with van der Waals surface area (Å²) < 4.78 is 15.6. The van der Waals surface area contributed by atoms with Crippen LogP contribution in [0.4, 0.5) is 0 Å². The molecule has 0 amide bonds. The molecule has 1 aromatic rings.